The van der Waals surface area contributed by atoms with Gasteiger partial charge in [0.1, 0.15) is 11.9 Å². The van der Waals surface area contributed by atoms with Gasteiger partial charge in [0.25, 0.3) is 0 Å². The zero-order valence-corrected chi connectivity index (χ0v) is 33.3. The van der Waals surface area contributed by atoms with E-state index in [1.165, 1.54) is 0 Å². The molecule has 2 fully saturated rings. The van der Waals surface area contributed by atoms with Crippen molar-refractivity contribution in [2.45, 2.75) is 170 Å². The molecule has 0 amide bonds. The predicted octanol–water partition coefficient (Wildman–Crippen LogP) is 3.28. The summed E-state index contributed by atoms with van der Waals surface area (Å²) in [6.45, 7) is 2.00. The van der Waals surface area contributed by atoms with Crippen LogP contribution in [0.15, 0.2) is 85.1 Å². The molecule has 1 unspecified atom stereocenters. The number of hydrogen-bond acceptors (Lipinski definition) is 13. The van der Waals surface area contributed by atoms with Gasteiger partial charge in [0.05, 0.1) is 61.5 Å². The summed E-state index contributed by atoms with van der Waals surface area (Å²) in [6.07, 6.45) is 17.4. The third-order valence-electron chi connectivity index (χ3n) is 10.5. The number of hydrogen-bond donors (Lipinski definition) is 9. The number of rotatable bonds is 2. The molecule has 3 rings (SSSR count). The van der Waals surface area contributed by atoms with E-state index in [4.69, 9.17) is 14.2 Å². The van der Waals surface area contributed by atoms with Crippen molar-refractivity contribution in [2.24, 2.45) is 5.92 Å². The van der Waals surface area contributed by atoms with Gasteiger partial charge >= 0.3 is 0 Å². The van der Waals surface area contributed by atoms with Crippen LogP contribution in [0.2, 0.25) is 0 Å². The van der Waals surface area contributed by atoms with Crippen molar-refractivity contribution in [3.05, 3.63) is 85.1 Å². The van der Waals surface area contributed by atoms with E-state index in [0.29, 0.717) is 25.7 Å². The number of carbonyl (C=O) groups excluding carboxylic acids is 1. The second-order valence-electron chi connectivity index (χ2n) is 15.8. The summed E-state index contributed by atoms with van der Waals surface area (Å²) in [7, 11) is 0. The van der Waals surface area contributed by atoms with Crippen molar-refractivity contribution in [2.75, 3.05) is 6.61 Å². The van der Waals surface area contributed by atoms with Gasteiger partial charge in [-0.05, 0) is 57.3 Å². The molecule has 0 radical (unpaired) electrons. The van der Waals surface area contributed by atoms with Crippen molar-refractivity contribution >= 4 is 5.78 Å². The number of aliphatic hydroxyl groups excluding tert-OH is 8. The highest BCUT2D eigenvalue weighted by molar-refractivity contribution is 5.78. The van der Waals surface area contributed by atoms with E-state index >= 15 is 0 Å². The molecular formula is C44H68O13. The van der Waals surface area contributed by atoms with Gasteiger partial charge in [0.15, 0.2) is 12.1 Å². The molecule has 0 aliphatic carbocycles. The topological polar surface area (TPSA) is 227 Å². The molecule has 13 atom stereocenters. The average Bonchev–Trinajstić information content (AvgIpc) is 3.14. The SMILES string of the molecule is C[C@@H]1CC[C@@]2(O)C[C@@H](O)[C@H](O)CC[C@@H](O)C[C@@H](O)C[C@@H](O)CC(=O)CCC[C@H](O)C/C=C/C=C/C=C/C=C/C=C/C=C/C=C/[C@H](O[C@@H]3OC[C@@H](O)C[C@@H]3O)CC1O2. The third-order valence-corrected chi connectivity index (χ3v) is 10.5. The first-order chi connectivity index (χ1) is 27.2. The third kappa shape index (κ3) is 20.3. The van der Waals surface area contributed by atoms with Crippen molar-refractivity contribution < 1.29 is 65.0 Å². The Hall–Kier alpha value is -2.63. The van der Waals surface area contributed by atoms with E-state index in [1.54, 1.807) is 12.2 Å². The molecule has 3 heterocycles. The highest BCUT2D eigenvalue weighted by Crippen LogP contribution is 2.37. The molecule has 13 nitrogen and oxygen atoms in total. The Morgan fingerprint density at radius 3 is 1.95 bits per heavy atom. The van der Waals surface area contributed by atoms with Crippen molar-refractivity contribution in [3.63, 3.8) is 0 Å². The molecule has 9 N–H and O–H groups in total. The van der Waals surface area contributed by atoms with Gasteiger partial charge in [-0.1, -0.05) is 92.0 Å². The molecule has 0 saturated carbocycles. The molecular weight excluding hydrogens is 736 g/mol. The smallest absolute Gasteiger partial charge is 0.184 e. The van der Waals surface area contributed by atoms with E-state index < -0.39 is 73.1 Å². The quantitative estimate of drug-likeness (QED) is 0.196. The van der Waals surface area contributed by atoms with Gasteiger partial charge in [0.2, 0.25) is 0 Å². The van der Waals surface area contributed by atoms with Crippen LogP contribution in [0.1, 0.15) is 96.8 Å². The summed E-state index contributed by atoms with van der Waals surface area (Å²) in [4.78, 5) is 12.4. The Balaban J connectivity index is 1.70. The van der Waals surface area contributed by atoms with Gasteiger partial charge in [-0.2, -0.15) is 0 Å². The molecule has 57 heavy (non-hydrogen) atoms. The Labute approximate surface area is 337 Å². The van der Waals surface area contributed by atoms with Gasteiger partial charge in [0, 0.05) is 38.5 Å². The van der Waals surface area contributed by atoms with Crippen LogP contribution in [0.25, 0.3) is 0 Å². The number of ketones is 1. The van der Waals surface area contributed by atoms with Crippen LogP contribution in [0.5, 0.6) is 0 Å². The molecule has 3 aliphatic heterocycles. The zero-order valence-electron chi connectivity index (χ0n) is 33.3. The van der Waals surface area contributed by atoms with E-state index in [2.05, 4.69) is 0 Å². The monoisotopic (exact) mass is 804 g/mol. The first kappa shape index (κ1) is 48.7. The van der Waals surface area contributed by atoms with Crippen LogP contribution in [-0.4, -0.2) is 131 Å². The Morgan fingerprint density at radius 2 is 1.28 bits per heavy atom. The fourth-order valence-electron chi connectivity index (χ4n) is 7.12. The maximum atomic E-state index is 12.4. The van der Waals surface area contributed by atoms with Crippen LogP contribution in [0.4, 0.5) is 0 Å². The van der Waals surface area contributed by atoms with Gasteiger partial charge in [-0.25, -0.2) is 0 Å². The molecule has 322 valence electrons. The van der Waals surface area contributed by atoms with Crippen molar-refractivity contribution in [3.8, 4) is 0 Å². The number of Topliss-reactive ketones (excluding diaryl/α,β-unsaturated/α-hetero) is 1. The number of allylic oxidation sites excluding steroid dienone is 12. The highest BCUT2D eigenvalue weighted by Gasteiger charge is 2.42. The summed E-state index contributed by atoms with van der Waals surface area (Å²) in [6, 6.07) is 0. The summed E-state index contributed by atoms with van der Waals surface area (Å²) < 4.78 is 17.9. The Kier molecular flexibility index (Phi) is 22.6. The number of carbonyl (C=O) groups is 1. The molecule has 0 aromatic rings. The van der Waals surface area contributed by atoms with Crippen molar-refractivity contribution in [1.82, 2.24) is 0 Å². The highest BCUT2D eigenvalue weighted by atomic mass is 16.7. The first-order valence-electron chi connectivity index (χ1n) is 20.5. The van der Waals surface area contributed by atoms with E-state index in [9.17, 15) is 50.8 Å². The fraction of sp³-hybridized carbons (Fsp3) is 0.659. The molecule has 0 aromatic heterocycles. The Bertz CT molecular complexity index is 1360. The lowest BCUT2D eigenvalue weighted by Gasteiger charge is -2.43. The minimum absolute atomic E-state index is 0.00445. The maximum absolute atomic E-state index is 12.4. The van der Waals surface area contributed by atoms with Gasteiger partial charge < -0.3 is 60.2 Å². The summed E-state index contributed by atoms with van der Waals surface area (Å²) in [5.74, 6) is -1.94. The lowest BCUT2D eigenvalue weighted by molar-refractivity contribution is -0.290. The summed E-state index contributed by atoms with van der Waals surface area (Å²) >= 11 is 0. The van der Waals surface area contributed by atoms with E-state index in [1.807, 2.05) is 79.8 Å². The molecule has 0 aromatic carbocycles. The standard InChI is InChI=1S/C44H68O13/c1-31-22-23-44(54)29-41(53)39(51)21-20-34(47)25-36(49)26-35(48)24-33(46)18-15-17-32(45)16-13-11-9-7-5-3-2-4-6-8-10-12-14-19-38(28-42(31)57-44)56-43-40(52)27-37(50)30-55-43/h2-14,19,31-32,34-43,45,47-54H,15-18,20-30H2,1H3/b4-2+,5-3+,8-6+,9-7+,12-10+,13-11+,19-14+/t31-,32-,34-,35+,36-,37+,38+,39-,40+,41-,42?,43+,44+/m1/s1. The Morgan fingerprint density at radius 1 is 0.649 bits per heavy atom. The minimum atomic E-state index is -1.75. The molecule has 2 saturated heterocycles. The second kappa shape index (κ2) is 26.5. The van der Waals surface area contributed by atoms with Crippen LogP contribution in [-0.2, 0) is 19.0 Å². The summed E-state index contributed by atoms with van der Waals surface area (Å²) in [5, 5.41) is 95.1. The summed E-state index contributed by atoms with van der Waals surface area (Å²) in [5.41, 5.74) is 0. The lowest BCUT2D eigenvalue weighted by atomic mass is 9.86. The molecule has 0 spiro atoms. The zero-order chi connectivity index (χ0) is 41.6. The maximum Gasteiger partial charge on any atom is 0.184 e. The van der Waals surface area contributed by atoms with Gasteiger partial charge in [-0.15, -0.1) is 0 Å². The number of aliphatic hydroxyl groups is 9. The minimum Gasteiger partial charge on any atom is -0.393 e. The lowest BCUT2D eigenvalue weighted by Crippen LogP contribution is -2.49. The number of ether oxygens (including phenoxy) is 3. The molecule has 13 heteroatoms. The molecule has 2 bridgehead atoms. The fourth-order valence-corrected chi connectivity index (χ4v) is 7.12. The van der Waals surface area contributed by atoms with E-state index in [0.717, 1.165) is 0 Å². The number of fused-ring (bicyclic) bond motifs is 2. The second-order valence-corrected chi connectivity index (χ2v) is 15.8. The van der Waals surface area contributed by atoms with E-state index in [-0.39, 0.29) is 82.5 Å². The first-order valence-corrected chi connectivity index (χ1v) is 20.5. The average molecular weight is 805 g/mol. The largest absolute Gasteiger partial charge is 0.393 e. The normalized spacial score (nSPS) is 42.5. The van der Waals surface area contributed by atoms with Gasteiger partial charge in [-0.3, -0.25) is 4.79 Å². The van der Waals surface area contributed by atoms with Crippen LogP contribution < -0.4 is 0 Å². The predicted molar refractivity (Wildman–Crippen MR) is 215 cm³/mol. The van der Waals surface area contributed by atoms with Crippen molar-refractivity contribution in [1.29, 1.82) is 0 Å². The van der Waals surface area contributed by atoms with Crippen LogP contribution >= 0.6 is 0 Å². The van der Waals surface area contributed by atoms with Crippen LogP contribution in [0, 0.1) is 5.92 Å². The molecule has 3 aliphatic rings. The van der Waals surface area contributed by atoms with Crippen LogP contribution in [0.3, 0.4) is 0 Å².